The van der Waals surface area contributed by atoms with Crippen LogP contribution in [0.4, 0.5) is 34.1 Å². The third-order valence-corrected chi connectivity index (χ3v) is 9.47. The lowest BCUT2D eigenvalue weighted by Gasteiger charge is -2.28. The lowest BCUT2D eigenvalue weighted by atomic mass is 9.82. The van der Waals surface area contributed by atoms with Gasteiger partial charge in [-0.15, -0.1) is 12.8 Å². The highest BCUT2D eigenvalue weighted by Crippen LogP contribution is 2.48. The van der Waals surface area contributed by atoms with Gasteiger partial charge in [-0.25, -0.2) is 0 Å². The summed E-state index contributed by atoms with van der Waals surface area (Å²) in [5.41, 5.74) is 13.9. The Balaban J connectivity index is 0.000000259. The zero-order valence-corrected chi connectivity index (χ0v) is 30.9. The van der Waals surface area contributed by atoms with Crippen LogP contribution >= 0.6 is 0 Å². The zero-order valence-electron chi connectivity index (χ0n) is 30.9. The molecule has 0 saturated heterocycles. The molecule has 7 aromatic carbocycles. The molecule has 0 atom stereocenters. The number of hydrogen-bond donors (Lipinski definition) is 0. The summed E-state index contributed by atoms with van der Waals surface area (Å²) in [4.78, 5) is 4.44. The van der Waals surface area contributed by atoms with Crippen molar-refractivity contribution in [3.63, 3.8) is 0 Å². The molecule has 0 bridgehead atoms. The fraction of sp³-hybridized carbons (Fsp3) is 0.115. The van der Waals surface area contributed by atoms with Crippen molar-refractivity contribution in [2.45, 2.75) is 40.5 Å². The first-order chi connectivity index (χ1) is 26.0. The molecule has 0 saturated carbocycles. The first kappa shape index (κ1) is 38.5. The molecule has 2 heteroatoms. The largest absolute Gasteiger partial charge is 0.311 e. The molecular weight excluding hydrogens is 653 g/mol. The fourth-order valence-electron chi connectivity index (χ4n) is 6.88. The topological polar surface area (TPSA) is 6.48 Å². The summed E-state index contributed by atoms with van der Waals surface area (Å²) in [7, 11) is 0. The van der Waals surface area contributed by atoms with E-state index < -0.39 is 0 Å². The molecule has 0 fully saturated rings. The first-order valence-electron chi connectivity index (χ1n) is 18.1. The van der Waals surface area contributed by atoms with Crippen LogP contribution in [0.15, 0.2) is 182 Å². The highest BCUT2D eigenvalue weighted by molar-refractivity contribution is 5.82. The lowest BCUT2D eigenvalue weighted by Crippen LogP contribution is -2.14. The molecule has 54 heavy (non-hydrogen) atoms. The molecule has 0 aliphatic heterocycles. The number of terminal acetylenes is 2. The van der Waals surface area contributed by atoms with Crippen LogP contribution in [-0.4, -0.2) is 0 Å². The average molecular weight is 701 g/mol. The molecule has 0 radical (unpaired) electrons. The Morgan fingerprint density at radius 3 is 0.944 bits per heavy atom. The van der Waals surface area contributed by atoms with Crippen LogP contribution in [0.5, 0.6) is 0 Å². The van der Waals surface area contributed by atoms with Crippen molar-refractivity contribution in [1.82, 2.24) is 0 Å². The maximum absolute atomic E-state index is 5.58. The Kier molecular flexibility index (Phi) is 12.6. The van der Waals surface area contributed by atoms with E-state index in [1.807, 2.05) is 74.5 Å². The van der Waals surface area contributed by atoms with Gasteiger partial charge in [0.25, 0.3) is 0 Å². The van der Waals surface area contributed by atoms with Crippen LogP contribution in [-0.2, 0) is 5.41 Å². The molecule has 0 N–H and O–H groups in total. The van der Waals surface area contributed by atoms with E-state index in [0.717, 1.165) is 45.3 Å². The van der Waals surface area contributed by atoms with Crippen molar-refractivity contribution in [1.29, 1.82) is 0 Å². The number of para-hydroxylation sites is 2. The Hall–Kier alpha value is -6.74. The van der Waals surface area contributed by atoms with Crippen molar-refractivity contribution < 1.29 is 0 Å². The summed E-state index contributed by atoms with van der Waals surface area (Å²) >= 11 is 0. The third kappa shape index (κ3) is 8.00. The van der Waals surface area contributed by atoms with Crippen molar-refractivity contribution >= 4 is 34.1 Å². The van der Waals surface area contributed by atoms with Gasteiger partial charge in [-0.05, 0) is 119 Å². The predicted molar refractivity (Wildman–Crippen MR) is 234 cm³/mol. The maximum Gasteiger partial charge on any atom is 0.0463 e. The predicted octanol–water partition coefficient (Wildman–Crippen LogP) is 14.2. The molecule has 1 aliphatic rings. The van der Waals surface area contributed by atoms with Crippen LogP contribution in [0.2, 0.25) is 0 Å². The second-order valence-electron chi connectivity index (χ2n) is 13.0. The van der Waals surface area contributed by atoms with Gasteiger partial charge in [0.15, 0.2) is 0 Å². The summed E-state index contributed by atoms with van der Waals surface area (Å²) in [6, 6.07) is 62.8. The van der Waals surface area contributed by atoms with E-state index in [2.05, 4.69) is 157 Å². The van der Waals surface area contributed by atoms with Crippen LogP contribution < -0.4 is 9.80 Å². The minimum atomic E-state index is 0. The molecular formula is C52H48N2. The van der Waals surface area contributed by atoms with E-state index in [-0.39, 0.29) is 12.8 Å². The number of benzene rings is 7. The van der Waals surface area contributed by atoms with Gasteiger partial charge in [0.2, 0.25) is 0 Å². The van der Waals surface area contributed by atoms with Gasteiger partial charge in [0.1, 0.15) is 0 Å². The quantitative estimate of drug-likeness (QED) is 0.159. The van der Waals surface area contributed by atoms with E-state index in [1.54, 1.807) is 0 Å². The van der Waals surface area contributed by atoms with E-state index in [1.165, 1.54) is 22.3 Å². The van der Waals surface area contributed by atoms with E-state index >= 15 is 0 Å². The molecule has 0 spiro atoms. The molecule has 266 valence electrons. The van der Waals surface area contributed by atoms with Crippen LogP contribution in [0.1, 0.15) is 57.4 Å². The van der Waals surface area contributed by atoms with Gasteiger partial charge in [-0.3, -0.25) is 0 Å². The Morgan fingerprint density at radius 2 is 0.630 bits per heavy atom. The SMILES string of the molecule is C.C#Cc1ccc(N(c2ccccc2)c2ccc(N(c3ccccc3)c3ccc(C#C)cc3)cc2)cc1.CC.CC1(C)c2ccccc2-c2ccccc21. The first-order valence-corrected chi connectivity index (χ1v) is 18.1. The molecule has 2 nitrogen and oxygen atoms in total. The van der Waals surface area contributed by atoms with Gasteiger partial charge < -0.3 is 9.80 Å². The number of nitrogens with zero attached hydrogens (tertiary/aromatic N) is 2. The summed E-state index contributed by atoms with van der Waals surface area (Å²) < 4.78 is 0. The Bertz CT molecular complexity index is 2160. The molecule has 0 unspecified atom stereocenters. The highest BCUT2D eigenvalue weighted by atomic mass is 15.2. The minimum Gasteiger partial charge on any atom is -0.311 e. The average Bonchev–Trinajstić information content (AvgIpc) is 3.47. The van der Waals surface area contributed by atoms with Gasteiger partial charge in [0.05, 0.1) is 0 Å². The van der Waals surface area contributed by atoms with Crippen molar-refractivity contribution in [3.05, 3.63) is 204 Å². The molecule has 8 rings (SSSR count). The molecule has 0 aromatic heterocycles. The number of fused-ring (bicyclic) bond motifs is 3. The summed E-state index contributed by atoms with van der Waals surface area (Å²) in [5, 5.41) is 0. The smallest absolute Gasteiger partial charge is 0.0463 e. The van der Waals surface area contributed by atoms with E-state index in [9.17, 15) is 0 Å². The van der Waals surface area contributed by atoms with E-state index in [4.69, 9.17) is 12.8 Å². The van der Waals surface area contributed by atoms with Crippen molar-refractivity contribution in [2.24, 2.45) is 0 Å². The minimum absolute atomic E-state index is 0. The summed E-state index contributed by atoms with van der Waals surface area (Å²) in [6.45, 7) is 8.61. The molecule has 7 aromatic rings. The second kappa shape index (κ2) is 17.7. The summed E-state index contributed by atoms with van der Waals surface area (Å²) in [6.07, 6.45) is 11.2. The second-order valence-corrected chi connectivity index (χ2v) is 13.0. The normalized spacial score (nSPS) is 11.3. The van der Waals surface area contributed by atoms with Gasteiger partial charge >= 0.3 is 0 Å². The fourth-order valence-corrected chi connectivity index (χ4v) is 6.88. The molecule has 0 amide bonds. The monoisotopic (exact) mass is 700 g/mol. The zero-order chi connectivity index (χ0) is 37.2. The van der Waals surface area contributed by atoms with Crippen molar-refractivity contribution in [3.8, 4) is 35.8 Å². The van der Waals surface area contributed by atoms with Gasteiger partial charge in [-0.2, -0.15) is 0 Å². The third-order valence-electron chi connectivity index (χ3n) is 9.47. The van der Waals surface area contributed by atoms with Crippen LogP contribution in [0.25, 0.3) is 11.1 Å². The highest BCUT2D eigenvalue weighted by Gasteiger charge is 2.34. The van der Waals surface area contributed by atoms with Gasteiger partial charge in [0, 0.05) is 50.7 Å². The number of rotatable bonds is 6. The maximum atomic E-state index is 5.58. The number of hydrogen-bond acceptors (Lipinski definition) is 2. The van der Waals surface area contributed by atoms with Gasteiger partial charge in [-0.1, -0.05) is 132 Å². The Labute approximate surface area is 323 Å². The Morgan fingerprint density at radius 1 is 0.370 bits per heavy atom. The van der Waals surface area contributed by atoms with Crippen LogP contribution in [0.3, 0.4) is 0 Å². The molecule has 0 heterocycles. The summed E-state index contributed by atoms with van der Waals surface area (Å²) in [5.74, 6) is 5.39. The standard InChI is InChI=1S/C34H24N2.C15H14.C2H6.CH4/c1-3-27-15-19-31(20-16-27)35(29-11-7-5-8-12-29)33-23-25-34(26-24-33)36(30-13-9-6-10-14-30)32-21-17-28(4-2)18-22-32;1-15(2)13-9-5-3-7-11(13)12-8-4-6-10-14(12)15;1-2;/h1-2,5-26H;3-10H,1-2H3;1-2H3;1H4. The number of anilines is 6. The van der Waals surface area contributed by atoms with Crippen LogP contribution in [0, 0.1) is 24.7 Å². The lowest BCUT2D eigenvalue weighted by molar-refractivity contribution is 0.660. The van der Waals surface area contributed by atoms with Crippen molar-refractivity contribution in [2.75, 3.05) is 9.80 Å². The molecule has 1 aliphatic carbocycles. The van der Waals surface area contributed by atoms with E-state index in [0.29, 0.717) is 0 Å².